The van der Waals surface area contributed by atoms with E-state index in [0.717, 1.165) is 25.7 Å². The Bertz CT molecular complexity index is 89.8. The summed E-state index contributed by atoms with van der Waals surface area (Å²) in [6.45, 7) is 4.74. The van der Waals surface area contributed by atoms with Crippen molar-refractivity contribution in [2.75, 3.05) is 13.2 Å². The van der Waals surface area contributed by atoms with E-state index in [0.29, 0.717) is 11.8 Å². The van der Waals surface area contributed by atoms with Gasteiger partial charge in [0.15, 0.2) is 0 Å². The topological polar surface area (TPSA) is 40.5 Å². The molecule has 0 aromatic carbocycles. The number of hydrogen-bond acceptors (Lipinski definition) is 2. The van der Waals surface area contributed by atoms with Gasteiger partial charge in [0.2, 0.25) is 0 Å². The number of aliphatic hydroxyl groups is 2. The summed E-state index contributed by atoms with van der Waals surface area (Å²) in [5.74, 6) is 0.779. The highest BCUT2D eigenvalue weighted by atomic mass is 16.3. The van der Waals surface area contributed by atoms with Crippen LogP contribution in [0.4, 0.5) is 0 Å². The van der Waals surface area contributed by atoms with Gasteiger partial charge in [0.1, 0.15) is 0 Å². The predicted octanol–water partition coefficient (Wildman–Crippen LogP) is 1.80. The molecule has 2 nitrogen and oxygen atoms in total. The van der Waals surface area contributed by atoms with Crippen molar-refractivity contribution in [3.8, 4) is 0 Å². The van der Waals surface area contributed by atoms with Crippen LogP contribution in [-0.4, -0.2) is 23.4 Å². The van der Waals surface area contributed by atoms with Gasteiger partial charge in [-0.05, 0) is 24.7 Å². The summed E-state index contributed by atoms with van der Waals surface area (Å²) in [6, 6.07) is 0. The Balaban J connectivity index is 3.65. The van der Waals surface area contributed by atoms with Crippen LogP contribution in [0, 0.1) is 11.8 Å². The minimum Gasteiger partial charge on any atom is -0.396 e. The van der Waals surface area contributed by atoms with Gasteiger partial charge in [0.05, 0.1) is 0 Å². The van der Waals surface area contributed by atoms with E-state index in [-0.39, 0.29) is 13.2 Å². The molecular formula is C10H22O2. The first-order valence-corrected chi connectivity index (χ1v) is 5.00. The summed E-state index contributed by atoms with van der Waals surface area (Å²) in [6.07, 6.45) is 4.17. The Morgan fingerprint density at radius 3 is 1.92 bits per heavy atom. The molecule has 0 aliphatic carbocycles. The van der Waals surface area contributed by atoms with Gasteiger partial charge in [0.25, 0.3) is 0 Å². The first-order valence-electron chi connectivity index (χ1n) is 5.00. The maximum absolute atomic E-state index is 9.02. The van der Waals surface area contributed by atoms with Crippen molar-refractivity contribution in [3.05, 3.63) is 0 Å². The first kappa shape index (κ1) is 11.9. The number of rotatable bonds is 7. The van der Waals surface area contributed by atoms with E-state index >= 15 is 0 Å². The van der Waals surface area contributed by atoms with Crippen molar-refractivity contribution in [1.82, 2.24) is 0 Å². The summed E-state index contributed by atoms with van der Waals surface area (Å²) in [7, 11) is 0. The van der Waals surface area contributed by atoms with Crippen LogP contribution < -0.4 is 0 Å². The third-order valence-corrected chi connectivity index (χ3v) is 2.46. The molecule has 0 aromatic heterocycles. The Hall–Kier alpha value is -0.0800. The Labute approximate surface area is 75.6 Å². The molecule has 0 heterocycles. The van der Waals surface area contributed by atoms with Crippen LogP contribution in [0.15, 0.2) is 0 Å². The van der Waals surface area contributed by atoms with Crippen LogP contribution in [0.3, 0.4) is 0 Å². The molecule has 2 N–H and O–H groups in total. The molecule has 0 aliphatic rings. The molecule has 0 aromatic rings. The normalized spacial score (nSPS) is 16.0. The monoisotopic (exact) mass is 174 g/mol. The lowest BCUT2D eigenvalue weighted by molar-refractivity contribution is 0.153. The lowest BCUT2D eigenvalue weighted by Gasteiger charge is -2.18. The van der Waals surface area contributed by atoms with Crippen molar-refractivity contribution in [2.45, 2.75) is 39.5 Å². The lowest BCUT2D eigenvalue weighted by Crippen LogP contribution is -2.14. The molecule has 0 amide bonds. The van der Waals surface area contributed by atoms with E-state index in [2.05, 4.69) is 13.8 Å². The van der Waals surface area contributed by atoms with Crippen LogP contribution in [0.5, 0.6) is 0 Å². The molecule has 74 valence electrons. The van der Waals surface area contributed by atoms with Gasteiger partial charge in [-0.2, -0.15) is 0 Å². The molecular weight excluding hydrogens is 152 g/mol. The third kappa shape index (κ3) is 4.73. The fourth-order valence-corrected chi connectivity index (χ4v) is 1.53. The molecule has 0 aliphatic heterocycles. The summed E-state index contributed by atoms with van der Waals surface area (Å²) < 4.78 is 0. The third-order valence-electron chi connectivity index (χ3n) is 2.46. The highest BCUT2D eigenvalue weighted by Gasteiger charge is 2.12. The molecule has 2 heteroatoms. The van der Waals surface area contributed by atoms with Crippen LogP contribution in [-0.2, 0) is 0 Å². The first-order chi connectivity index (χ1) is 5.78. The Kier molecular flexibility index (Phi) is 7.51. The quantitative estimate of drug-likeness (QED) is 0.618. The molecule has 0 rings (SSSR count). The van der Waals surface area contributed by atoms with Crippen molar-refractivity contribution in [2.24, 2.45) is 11.8 Å². The van der Waals surface area contributed by atoms with Crippen LogP contribution in [0.2, 0.25) is 0 Å². The van der Waals surface area contributed by atoms with Crippen LogP contribution in [0.1, 0.15) is 39.5 Å². The van der Waals surface area contributed by atoms with Crippen molar-refractivity contribution in [3.63, 3.8) is 0 Å². The SMILES string of the molecule is CCCC(CO)CC(CC)CO. The van der Waals surface area contributed by atoms with Gasteiger partial charge < -0.3 is 10.2 Å². The highest BCUT2D eigenvalue weighted by Crippen LogP contribution is 2.18. The summed E-state index contributed by atoms with van der Waals surface area (Å²) in [5, 5.41) is 18.0. The van der Waals surface area contributed by atoms with Gasteiger partial charge in [0, 0.05) is 13.2 Å². The second-order valence-corrected chi connectivity index (χ2v) is 3.53. The molecule has 12 heavy (non-hydrogen) atoms. The van der Waals surface area contributed by atoms with Crippen molar-refractivity contribution >= 4 is 0 Å². The fourth-order valence-electron chi connectivity index (χ4n) is 1.53. The summed E-state index contributed by atoms with van der Waals surface area (Å²) in [5.41, 5.74) is 0. The summed E-state index contributed by atoms with van der Waals surface area (Å²) >= 11 is 0. The maximum Gasteiger partial charge on any atom is 0.0459 e. The molecule has 2 atom stereocenters. The second kappa shape index (κ2) is 7.56. The number of hydrogen-bond donors (Lipinski definition) is 2. The fraction of sp³-hybridized carbons (Fsp3) is 1.00. The van der Waals surface area contributed by atoms with E-state index in [1.165, 1.54) is 0 Å². The predicted molar refractivity (Wildman–Crippen MR) is 51.0 cm³/mol. The van der Waals surface area contributed by atoms with E-state index in [9.17, 15) is 0 Å². The van der Waals surface area contributed by atoms with Gasteiger partial charge in [-0.1, -0.05) is 26.7 Å². The molecule has 2 unspecified atom stereocenters. The zero-order valence-corrected chi connectivity index (χ0v) is 8.29. The Morgan fingerprint density at radius 2 is 1.58 bits per heavy atom. The molecule has 0 spiro atoms. The largest absolute Gasteiger partial charge is 0.396 e. The minimum absolute atomic E-state index is 0.261. The van der Waals surface area contributed by atoms with Gasteiger partial charge in [-0.25, -0.2) is 0 Å². The molecule has 0 saturated carbocycles. The van der Waals surface area contributed by atoms with E-state index in [4.69, 9.17) is 10.2 Å². The summed E-state index contributed by atoms with van der Waals surface area (Å²) in [4.78, 5) is 0. The molecule has 0 radical (unpaired) electrons. The lowest BCUT2D eigenvalue weighted by atomic mass is 9.91. The van der Waals surface area contributed by atoms with Gasteiger partial charge >= 0.3 is 0 Å². The van der Waals surface area contributed by atoms with Crippen molar-refractivity contribution in [1.29, 1.82) is 0 Å². The zero-order chi connectivity index (χ0) is 9.40. The van der Waals surface area contributed by atoms with Crippen LogP contribution in [0.25, 0.3) is 0 Å². The standard InChI is InChI=1S/C10H22O2/c1-3-5-10(8-12)6-9(4-2)7-11/h9-12H,3-8H2,1-2H3. The molecule has 0 saturated heterocycles. The highest BCUT2D eigenvalue weighted by molar-refractivity contribution is 4.63. The average molecular weight is 174 g/mol. The zero-order valence-electron chi connectivity index (χ0n) is 8.29. The van der Waals surface area contributed by atoms with Gasteiger partial charge in [-0.3, -0.25) is 0 Å². The average Bonchev–Trinajstić information content (AvgIpc) is 2.12. The molecule has 0 fully saturated rings. The second-order valence-electron chi connectivity index (χ2n) is 3.53. The number of aliphatic hydroxyl groups excluding tert-OH is 2. The van der Waals surface area contributed by atoms with Crippen LogP contribution >= 0.6 is 0 Å². The molecule has 0 bridgehead atoms. The van der Waals surface area contributed by atoms with Gasteiger partial charge in [-0.15, -0.1) is 0 Å². The van der Waals surface area contributed by atoms with E-state index < -0.39 is 0 Å². The van der Waals surface area contributed by atoms with E-state index in [1.54, 1.807) is 0 Å². The van der Waals surface area contributed by atoms with Crippen molar-refractivity contribution < 1.29 is 10.2 Å². The minimum atomic E-state index is 0.261. The maximum atomic E-state index is 9.02. The Morgan fingerprint density at radius 1 is 1.00 bits per heavy atom. The smallest absolute Gasteiger partial charge is 0.0459 e. The van der Waals surface area contributed by atoms with E-state index in [1.807, 2.05) is 0 Å².